The first-order chi connectivity index (χ1) is 7.19. The number of nitrogens with two attached hydrogens (primary N) is 2. The van der Waals surface area contributed by atoms with Crippen molar-refractivity contribution in [1.82, 2.24) is 0 Å². The fraction of sp³-hybridized carbons (Fsp3) is 0.300. The molecule has 1 aromatic rings. The van der Waals surface area contributed by atoms with E-state index in [0.717, 1.165) is 0 Å². The van der Waals surface area contributed by atoms with Gasteiger partial charge in [0.05, 0.1) is 23.5 Å². The Labute approximate surface area is 88.2 Å². The van der Waals surface area contributed by atoms with Gasteiger partial charge in [0.15, 0.2) is 0 Å². The van der Waals surface area contributed by atoms with Crippen LogP contribution in [0.15, 0.2) is 12.1 Å². The average Bonchev–Trinajstić information content (AvgIpc) is 2.23. The normalized spacial score (nSPS) is 9.60. The lowest BCUT2D eigenvalue weighted by Gasteiger charge is -2.09. The summed E-state index contributed by atoms with van der Waals surface area (Å²) in [4.78, 5) is 0. The van der Waals surface area contributed by atoms with Crippen LogP contribution < -0.4 is 16.2 Å². The highest BCUT2D eigenvalue weighted by Gasteiger charge is 2.06. The van der Waals surface area contributed by atoms with Crippen LogP contribution in [0.25, 0.3) is 0 Å². The number of nitrogens with zero attached hydrogens (tertiary/aromatic N) is 1. The van der Waals surface area contributed by atoms with E-state index in [0.29, 0.717) is 35.9 Å². The van der Waals surface area contributed by atoms with Gasteiger partial charge in [-0.25, -0.2) is 0 Å². The van der Waals surface area contributed by atoms with Gasteiger partial charge in [-0.1, -0.05) is 0 Å². The molecule has 0 aromatic heterocycles. The molecule has 5 nitrogen and oxygen atoms in total. The van der Waals surface area contributed by atoms with Crippen molar-refractivity contribution in [1.29, 1.82) is 5.26 Å². The molecular formula is C10H13N3O2. The third kappa shape index (κ3) is 2.76. The lowest BCUT2D eigenvalue weighted by molar-refractivity contribution is 0.146. The Morgan fingerprint density at radius 1 is 1.27 bits per heavy atom. The minimum atomic E-state index is 0.370. The van der Waals surface area contributed by atoms with Gasteiger partial charge < -0.3 is 20.9 Å². The third-order valence-electron chi connectivity index (χ3n) is 1.85. The highest BCUT2D eigenvalue weighted by atomic mass is 16.5. The van der Waals surface area contributed by atoms with Crippen molar-refractivity contribution in [2.75, 3.05) is 31.8 Å². The molecule has 0 fully saturated rings. The predicted octanol–water partition coefficient (Wildman–Crippen LogP) is 0.748. The molecule has 0 aliphatic heterocycles. The Hall–Kier alpha value is -1.93. The summed E-state index contributed by atoms with van der Waals surface area (Å²) in [6, 6.07) is 5.03. The highest BCUT2D eigenvalue weighted by Crippen LogP contribution is 2.26. The van der Waals surface area contributed by atoms with Crippen molar-refractivity contribution in [3.8, 4) is 11.8 Å². The first kappa shape index (κ1) is 11.1. The number of nitriles is 1. The van der Waals surface area contributed by atoms with Crippen molar-refractivity contribution in [2.24, 2.45) is 0 Å². The molecule has 0 aliphatic carbocycles. The molecule has 5 heteroatoms. The number of ether oxygens (including phenoxy) is 2. The number of hydrogen-bond donors (Lipinski definition) is 2. The van der Waals surface area contributed by atoms with E-state index in [1.807, 2.05) is 6.07 Å². The first-order valence-electron chi connectivity index (χ1n) is 4.40. The van der Waals surface area contributed by atoms with Crippen molar-refractivity contribution < 1.29 is 9.47 Å². The number of hydrogen-bond acceptors (Lipinski definition) is 5. The molecular weight excluding hydrogens is 194 g/mol. The average molecular weight is 207 g/mol. The van der Waals surface area contributed by atoms with Crippen LogP contribution >= 0.6 is 0 Å². The van der Waals surface area contributed by atoms with Gasteiger partial charge in [-0.2, -0.15) is 5.26 Å². The SMILES string of the molecule is COCCOc1cc(N)c(N)cc1C#N. The molecule has 0 atom stereocenters. The van der Waals surface area contributed by atoms with E-state index in [-0.39, 0.29) is 0 Å². The summed E-state index contributed by atoms with van der Waals surface area (Å²) in [7, 11) is 1.58. The fourth-order valence-corrected chi connectivity index (χ4v) is 1.05. The van der Waals surface area contributed by atoms with E-state index in [2.05, 4.69) is 0 Å². The van der Waals surface area contributed by atoms with E-state index in [4.69, 9.17) is 26.2 Å². The lowest BCUT2D eigenvalue weighted by Crippen LogP contribution is -2.06. The van der Waals surface area contributed by atoms with Crippen LogP contribution in [0.2, 0.25) is 0 Å². The molecule has 1 rings (SSSR count). The Morgan fingerprint density at radius 2 is 1.93 bits per heavy atom. The topological polar surface area (TPSA) is 94.3 Å². The Morgan fingerprint density at radius 3 is 2.53 bits per heavy atom. The van der Waals surface area contributed by atoms with Crippen LogP contribution in [-0.4, -0.2) is 20.3 Å². The van der Waals surface area contributed by atoms with E-state index < -0.39 is 0 Å². The second kappa shape index (κ2) is 5.08. The summed E-state index contributed by atoms with van der Waals surface area (Å²) < 4.78 is 10.1. The molecule has 80 valence electrons. The summed E-state index contributed by atoms with van der Waals surface area (Å²) in [6.07, 6.45) is 0. The van der Waals surface area contributed by atoms with Gasteiger partial charge in [0.2, 0.25) is 0 Å². The summed E-state index contributed by atoms with van der Waals surface area (Å²) in [5.74, 6) is 0.432. The van der Waals surface area contributed by atoms with Crippen LogP contribution in [0.3, 0.4) is 0 Å². The molecule has 0 unspecified atom stereocenters. The number of benzene rings is 1. The smallest absolute Gasteiger partial charge is 0.139 e. The number of methoxy groups -OCH3 is 1. The van der Waals surface area contributed by atoms with E-state index >= 15 is 0 Å². The third-order valence-corrected chi connectivity index (χ3v) is 1.85. The molecule has 0 spiro atoms. The maximum Gasteiger partial charge on any atom is 0.139 e. The van der Waals surface area contributed by atoms with Crippen molar-refractivity contribution in [3.63, 3.8) is 0 Å². The summed E-state index contributed by atoms with van der Waals surface area (Å²) in [5, 5.41) is 8.83. The summed E-state index contributed by atoms with van der Waals surface area (Å²) in [6.45, 7) is 0.823. The van der Waals surface area contributed by atoms with E-state index in [1.54, 1.807) is 13.2 Å². The van der Waals surface area contributed by atoms with Gasteiger partial charge in [0, 0.05) is 13.2 Å². The second-order valence-electron chi connectivity index (χ2n) is 2.93. The van der Waals surface area contributed by atoms with Gasteiger partial charge in [-0.05, 0) is 6.07 Å². The lowest BCUT2D eigenvalue weighted by atomic mass is 10.1. The van der Waals surface area contributed by atoms with Crippen molar-refractivity contribution >= 4 is 11.4 Å². The molecule has 0 radical (unpaired) electrons. The minimum Gasteiger partial charge on any atom is -0.490 e. The number of rotatable bonds is 4. The van der Waals surface area contributed by atoms with Gasteiger partial charge >= 0.3 is 0 Å². The zero-order chi connectivity index (χ0) is 11.3. The zero-order valence-corrected chi connectivity index (χ0v) is 8.49. The summed E-state index contributed by atoms with van der Waals surface area (Å²) in [5.41, 5.74) is 12.3. The fourth-order valence-electron chi connectivity index (χ4n) is 1.05. The second-order valence-corrected chi connectivity index (χ2v) is 2.93. The largest absolute Gasteiger partial charge is 0.490 e. The van der Waals surface area contributed by atoms with Crippen LogP contribution in [0.4, 0.5) is 11.4 Å². The Bertz CT molecular complexity index is 385. The highest BCUT2D eigenvalue weighted by molar-refractivity contribution is 5.69. The Kier molecular flexibility index (Phi) is 3.77. The molecule has 0 bridgehead atoms. The minimum absolute atomic E-state index is 0.370. The van der Waals surface area contributed by atoms with Gasteiger partial charge in [0.25, 0.3) is 0 Å². The molecule has 4 N–H and O–H groups in total. The molecule has 0 amide bonds. The number of anilines is 2. The van der Waals surface area contributed by atoms with Crippen LogP contribution in [0, 0.1) is 11.3 Å². The van der Waals surface area contributed by atoms with Gasteiger partial charge in [-0.15, -0.1) is 0 Å². The quantitative estimate of drug-likeness (QED) is 0.561. The van der Waals surface area contributed by atoms with Crippen molar-refractivity contribution in [3.05, 3.63) is 17.7 Å². The molecule has 0 saturated carbocycles. The van der Waals surface area contributed by atoms with Crippen LogP contribution in [0.1, 0.15) is 5.56 Å². The predicted molar refractivity (Wildman–Crippen MR) is 57.4 cm³/mol. The first-order valence-corrected chi connectivity index (χ1v) is 4.40. The van der Waals surface area contributed by atoms with E-state index in [9.17, 15) is 0 Å². The molecule has 0 aliphatic rings. The summed E-state index contributed by atoms with van der Waals surface area (Å²) >= 11 is 0. The van der Waals surface area contributed by atoms with Crippen molar-refractivity contribution in [2.45, 2.75) is 0 Å². The maximum absolute atomic E-state index is 8.83. The molecule has 0 heterocycles. The van der Waals surface area contributed by atoms with Gasteiger partial charge in [0.1, 0.15) is 18.4 Å². The zero-order valence-electron chi connectivity index (χ0n) is 8.49. The van der Waals surface area contributed by atoms with Gasteiger partial charge in [-0.3, -0.25) is 0 Å². The Balaban J connectivity index is 2.86. The molecule has 0 saturated heterocycles. The van der Waals surface area contributed by atoms with Crippen LogP contribution in [0.5, 0.6) is 5.75 Å². The number of nitrogen functional groups attached to an aromatic ring is 2. The molecule has 1 aromatic carbocycles. The molecule has 15 heavy (non-hydrogen) atoms. The monoisotopic (exact) mass is 207 g/mol. The van der Waals surface area contributed by atoms with Crippen LogP contribution in [-0.2, 0) is 4.74 Å². The maximum atomic E-state index is 8.83. The standard InChI is InChI=1S/C10H13N3O2/c1-14-2-3-15-10-5-9(13)8(12)4-7(10)6-11/h4-5H,2-3,12-13H2,1H3. The van der Waals surface area contributed by atoms with E-state index in [1.165, 1.54) is 6.07 Å².